The van der Waals surface area contributed by atoms with E-state index in [4.69, 9.17) is 15.1 Å². The number of nitrogens with two attached hydrogens (primary N) is 1. The number of aliphatic hydroxyl groups excluding tert-OH is 1. The number of fused-ring (bicyclic) bond motifs is 5. The molecular formula is C25H39N3O3. The molecule has 5 rings (SSSR count). The highest BCUT2D eigenvalue weighted by molar-refractivity contribution is 5.85. The molecule has 1 heterocycles. The lowest BCUT2D eigenvalue weighted by atomic mass is 9.45. The van der Waals surface area contributed by atoms with E-state index >= 15 is 0 Å². The van der Waals surface area contributed by atoms with Crippen LogP contribution in [0.3, 0.4) is 0 Å². The topological polar surface area (TPSA) is 93.9 Å². The lowest BCUT2D eigenvalue weighted by Crippen LogP contribution is -2.54. The Kier molecular flexibility index (Phi) is 5.66. The van der Waals surface area contributed by atoms with Crippen molar-refractivity contribution < 1.29 is 14.5 Å². The Morgan fingerprint density at radius 1 is 1.16 bits per heavy atom. The van der Waals surface area contributed by atoms with Crippen LogP contribution < -0.4 is 5.73 Å². The normalized spacial score (nSPS) is 43.4. The smallest absolute Gasteiger partial charge is 0.150 e. The van der Waals surface area contributed by atoms with Crippen LogP contribution >= 0.6 is 0 Å². The van der Waals surface area contributed by atoms with E-state index < -0.39 is 0 Å². The van der Waals surface area contributed by atoms with Crippen LogP contribution in [-0.2, 0) is 17.8 Å². The van der Waals surface area contributed by atoms with Gasteiger partial charge in [-0.1, -0.05) is 24.2 Å². The molecule has 0 bridgehead atoms. The standard InChI is InChI=1S/C25H39N3O3/c1-24-10-7-17(27-30-12-9-18-14-19(15-26)31-28-18)13-16(24)3-4-20-21-5-6-23(29)25(21,2)11-8-22(20)24/h14,16,20-23,29H,3-13,15,26H2,1-2H3/t16?,20?,21?,22?,23-,24-,25-/m0/s1. The van der Waals surface area contributed by atoms with Crippen LogP contribution in [0.15, 0.2) is 15.7 Å². The van der Waals surface area contributed by atoms with E-state index in [0.29, 0.717) is 30.7 Å². The van der Waals surface area contributed by atoms with Crippen LogP contribution in [0.4, 0.5) is 0 Å². The third kappa shape index (κ3) is 3.64. The van der Waals surface area contributed by atoms with Crippen molar-refractivity contribution in [2.45, 2.75) is 90.7 Å². The third-order valence-corrected chi connectivity index (χ3v) is 9.90. The molecule has 0 aromatic carbocycles. The molecule has 7 atom stereocenters. The molecule has 1 aromatic heterocycles. The SMILES string of the molecule is C[C@]12CCC(=NOCCc3cc(CN)on3)CC1CCC1C2CC[C@@]2(C)C1CC[C@@H]2O. The van der Waals surface area contributed by atoms with Gasteiger partial charge in [0.15, 0.2) is 5.76 Å². The highest BCUT2D eigenvalue weighted by atomic mass is 16.6. The van der Waals surface area contributed by atoms with Crippen LogP contribution in [0.5, 0.6) is 0 Å². The number of rotatable bonds is 5. The zero-order valence-corrected chi connectivity index (χ0v) is 19.2. The van der Waals surface area contributed by atoms with Crippen molar-refractivity contribution in [2.75, 3.05) is 6.61 Å². The minimum Gasteiger partial charge on any atom is -0.395 e. The van der Waals surface area contributed by atoms with Crippen LogP contribution in [-0.4, -0.2) is 28.7 Å². The first-order valence-corrected chi connectivity index (χ1v) is 12.4. The van der Waals surface area contributed by atoms with Gasteiger partial charge in [-0.25, -0.2) is 0 Å². The second-order valence-electron chi connectivity index (χ2n) is 11.2. The first-order chi connectivity index (χ1) is 14.9. The zero-order valence-electron chi connectivity index (χ0n) is 19.2. The summed E-state index contributed by atoms with van der Waals surface area (Å²) in [6.07, 6.45) is 11.4. The number of aromatic nitrogens is 1. The Balaban J connectivity index is 1.19. The highest BCUT2D eigenvalue weighted by Gasteiger charge is 2.59. The van der Waals surface area contributed by atoms with Gasteiger partial charge in [0.2, 0.25) is 0 Å². The molecule has 4 fully saturated rings. The summed E-state index contributed by atoms with van der Waals surface area (Å²) in [5, 5.41) is 19.2. The van der Waals surface area contributed by atoms with Crippen molar-refractivity contribution in [2.24, 2.45) is 45.4 Å². The van der Waals surface area contributed by atoms with Crippen molar-refractivity contribution in [3.8, 4) is 0 Å². The molecule has 0 amide bonds. The molecule has 0 aliphatic heterocycles. The molecule has 1 aromatic rings. The molecule has 6 heteroatoms. The van der Waals surface area contributed by atoms with Gasteiger partial charge in [-0.15, -0.1) is 0 Å². The Morgan fingerprint density at radius 2 is 2.00 bits per heavy atom. The second kappa shape index (κ2) is 8.18. The monoisotopic (exact) mass is 429 g/mol. The summed E-state index contributed by atoms with van der Waals surface area (Å²) in [6.45, 7) is 5.84. The van der Waals surface area contributed by atoms with E-state index in [2.05, 4.69) is 24.2 Å². The summed E-state index contributed by atoms with van der Waals surface area (Å²) in [7, 11) is 0. The summed E-state index contributed by atoms with van der Waals surface area (Å²) in [5.41, 5.74) is 8.27. The maximum Gasteiger partial charge on any atom is 0.150 e. The first kappa shape index (κ1) is 21.4. The van der Waals surface area contributed by atoms with Crippen molar-refractivity contribution in [1.82, 2.24) is 5.16 Å². The lowest BCUT2D eigenvalue weighted by molar-refractivity contribution is -0.112. The number of hydrogen-bond donors (Lipinski definition) is 2. The molecule has 4 saturated carbocycles. The molecular weight excluding hydrogens is 390 g/mol. The second-order valence-corrected chi connectivity index (χ2v) is 11.2. The summed E-state index contributed by atoms with van der Waals surface area (Å²) >= 11 is 0. The molecule has 0 spiro atoms. The van der Waals surface area contributed by atoms with Crippen molar-refractivity contribution in [3.63, 3.8) is 0 Å². The van der Waals surface area contributed by atoms with Crippen LogP contribution in [0, 0.1) is 34.5 Å². The fourth-order valence-corrected chi connectivity index (χ4v) is 7.97. The molecule has 6 nitrogen and oxygen atoms in total. The van der Waals surface area contributed by atoms with Crippen molar-refractivity contribution >= 4 is 5.71 Å². The Labute approximate surface area is 185 Å². The molecule has 4 aliphatic carbocycles. The fraction of sp³-hybridized carbons (Fsp3) is 0.840. The van der Waals surface area contributed by atoms with E-state index in [1.54, 1.807) is 0 Å². The highest BCUT2D eigenvalue weighted by Crippen LogP contribution is 2.65. The number of aliphatic hydroxyl groups is 1. The van der Waals surface area contributed by atoms with Gasteiger partial charge < -0.3 is 20.2 Å². The van der Waals surface area contributed by atoms with Crippen LogP contribution in [0.25, 0.3) is 0 Å². The summed E-state index contributed by atoms with van der Waals surface area (Å²) in [5.74, 6) is 3.80. The largest absolute Gasteiger partial charge is 0.395 e. The van der Waals surface area contributed by atoms with Gasteiger partial charge in [0, 0.05) is 12.5 Å². The average Bonchev–Trinajstić information content (AvgIpc) is 3.35. The average molecular weight is 430 g/mol. The van der Waals surface area contributed by atoms with Crippen molar-refractivity contribution in [1.29, 1.82) is 0 Å². The predicted octanol–water partition coefficient (Wildman–Crippen LogP) is 4.45. The van der Waals surface area contributed by atoms with E-state index in [-0.39, 0.29) is 11.5 Å². The van der Waals surface area contributed by atoms with Gasteiger partial charge in [0.05, 0.1) is 24.1 Å². The summed E-state index contributed by atoms with van der Waals surface area (Å²) in [4.78, 5) is 5.67. The van der Waals surface area contributed by atoms with Gasteiger partial charge in [-0.2, -0.15) is 0 Å². The number of hydrogen-bond acceptors (Lipinski definition) is 6. The quantitative estimate of drug-likeness (QED) is 0.533. The zero-order chi connectivity index (χ0) is 21.6. The maximum absolute atomic E-state index is 10.7. The van der Waals surface area contributed by atoms with E-state index in [1.165, 1.54) is 44.2 Å². The predicted molar refractivity (Wildman–Crippen MR) is 119 cm³/mol. The van der Waals surface area contributed by atoms with E-state index in [0.717, 1.165) is 48.6 Å². The lowest BCUT2D eigenvalue weighted by Gasteiger charge is -2.60. The molecule has 0 saturated heterocycles. The van der Waals surface area contributed by atoms with Gasteiger partial charge in [-0.3, -0.25) is 0 Å². The Morgan fingerprint density at radius 3 is 2.81 bits per heavy atom. The van der Waals surface area contributed by atoms with Gasteiger partial charge in [0.25, 0.3) is 0 Å². The molecule has 0 radical (unpaired) electrons. The molecule has 3 N–H and O–H groups in total. The Hall–Kier alpha value is -1.40. The summed E-state index contributed by atoms with van der Waals surface area (Å²) in [6, 6.07) is 1.89. The minimum atomic E-state index is -0.0784. The molecule has 4 unspecified atom stereocenters. The summed E-state index contributed by atoms with van der Waals surface area (Å²) < 4.78 is 5.13. The number of nitrogens with zero attached hydrogens (tertiary/aromatic N) is 2. The van der Waals surface area contributed by atoms with E-state index in [9.17, 15) is 5.11 Å². The molecule has 31 heavy (non-hydrogen) atoms. The molecule has 172 valence electrons. The fourth-order valence-electron chi connectivity index (χ4n) is 7.97. The maximum atomic E-state index is 10.7. The Bertz CT molecular complexity index is 823. The molecule has 4 aliphatic rings. The minimum absolute atomic E-state index is 0.0784. The third-order valence-electron chi connectivity index (χ3n) is 9.90. The van der Waals surface area contributed by atoms with Crippen LogP contribution in [0.2, 0.25) is 0 Å². The van der Waals surface area contributed by atoms with Gasteiger partial charge >= 0.3 is 0 Å². The van der Waals surface area contributed by atoms with Gasteiger partial charge in [0.1, 0.15) is 6.61 Å². The van der Waals surface area contributed by atoms with Gasteiger partial charge in [-0.05, 0) is 92.3 Å². The van der Waals surface area contributed by atoms with E-state index in [1.807, 2.05) is 6.07 Å². The first-order valence-electron chi connectivity index (χ1n) is 12.4. The number of oxime groups is 1. The van der Waals surface area contributed by atoms with Crippen molar-refractivity contribution in [3.05, 3.63) is 17.5 Å². The van der Waals surface area contributed by atoms with Crippen LogP contribution in [0.1, 0.15) is 83.1 Å².